The lowest BCUT2D eigenvalue weighted by Crippen LogP contribution is -2.30. The zero-order valence-corrected chi connectivity index (χ0v) is 33.1. The Morgan fingerprint density at radius 1 is 0.412 bits per heavy atom. The quantitative estimate of drug-likeness (QED) is 0.0278. The van der Waals surface area contributed by atoms with Crippen LogP contribution in [0.1, 0.15) is 188 Å². The van der Waals surface area contributed by atoms with Crippen LogP contribution in [-0.4, -0.2) is 37.2 Å². The van der Waals surface area contributed by atoms with E-state index in [0.717, 1.165) is 70.6 Å². The van der Waals surface area contributed by atoms with Crippen LogP contribution in [0.25, 0.3) is 0 Å². The third-order valence-corrected chi connectivity index (χ3v) is 8.57. The highest BCUT2D eigenvalue weighted by Crippen LogP contribution is 2.13. The Balaban J connectivity index is 4.49. The zero-order chi connectivity index (χ0) is 37.3. The summed E-state index contributed by atoms with van der Waals surface area (Å²) < 4.78 is 16.5. The molecule has 0 aliphatic heterocycles. The fourth-order valence-corrected chi connectivity index (χ4v) is 5.45. The fourth-order valence-electron chi connectivity index (χ4n) is 5.45. The second-order valence-corrected chi connectivity index (χ2v) is 13.5. The van der Waals surface area contributed by atoms with Gasteiger partial charge in [-0.1, -0.05) is 184 Å². The molecule has 1 atom stereocenters. The van der Waals surface area contributed by atoms with Crippen molar-refractivity contribution in [3.05, 3.63) is 60.8 Å². The van der Waals surface area contributed by atoms with Crippen molar-refractivity contribution >= 4 is 17.9 Å². The molecule has 0 rings (SSSR count). The van der Waals surface area contributed by atoms with Crippen LogP contribution in [0, 0.1) is 0 Å². The topological polar surface area (TPSA) is 78.9 Å². The van der Waals surface area contributed by atoms with Gasteiger partial charge in [0.05, 0.1) is 6.42 Å². The van der Waals surface area contributed by atoms with Crippen molar-refractivity contribution in [2.24, 2.45) is 0 Å². The monoisotopic (exact) mass is 713 g/mol. The smallest absolute Gasteiger partial charge is 0.309 e. The van der Waals surface area contributed by atoms with E-state index in [2.05, 4.69) is 69.4 Å². The molecule has 6 nitrogen and oxygen atoms in total. The molecule has 0 saturated heterocycles. The van der Waals surface area contributed by atoms with Crippen molar-refractivity contribution < 1.29 is 28.6 Å². The van der Waals surface area contributed by atoms with Gasteiger partial charge in [-0.2, -0.15) is 0 Å². The zero-order valence-electron chi connectivity index (χ0n) is 33.1. The van der Waals surface area contributed by atoms with E-state index in [9.17, 15) is 14.4 Å². The molecule has 0 bridgehead atoms. The van der Waals surface area contributed by atoms with Gasteiger partial charge in [0, 0.05) is 12.8 Å². The van der Waals surface area contributed by atoms with Crippen LogP contribution in [0.4, 0.5) is 0 Å². The summed E-state index contributed by atoms with van der Waals surface area (Å²) in [6, 6.07) is 0. The molecule has 0 radical (unpaired) electrons. The first-order valence-corrected chi connectivity index (χ1v) is 20.8. The van der Waals surface area contributed by atoms with Crippen LogP contribution in [0.3, 0.4) is 0 Å². The van der Waals surface area contributed by atoms with Gasteiger partial charge < -0.3 is 14.2 Å². The summed E-state index contributed by atoms with van der Waals surface area (Å²) in [7, 11) is 0. The maximum absolute atomic E-state index is 12.6. The molecule has 0 fully saturated rings. The van der Waals surface area contributed by atoms with Crippen molar-refractivity contribution in [1.29, 1.82) is 0 Å². The Hall–Kier alpha value is -2.89. The molecule has 0 spiro atoms. The molecule has 0 heterocycles. The minimum atomic E-state index is -0.805. The summed E-state index contributed by atoms with van der Waals surface area (Å²) in [5.41, 5.74) is 0. The van der Waals surface area contributed by atoms with Crippen LogP contribution < -0.4 is 0 Å². The Labute approximate surface area is 313 Å². The van der Waals surface area contributed by atoms with Gasteiger partial charge in [-0.25, -0.2) is 0 Å². The number of hydrogen-bond donors (Lipinski definition) is 0. The average Bonchev–Trinajstić information content (AvgIpc) is 3.12. The summed E-state index contributed by atoms with van der Waals surface area (Å²) in [5, 5.41) is 0. The van der Waals surface area contributed by atoms with E-state index in [-0.39, 0.29) is 31.6 Å². The Kier molecular flexibility index (Phi) is 37.6. The Bertz CT molecular complexity index is 960. The summed E-state index contributed by atoms with van der Waals surface area (Å²) in [4.78, 5) is 37.4. The second-order valence-electron chi connectivity index (χ2n) is 13.5. The maximum atomic E-state index is 12.6. The molecular formula is C45H76O6. The SMILES string of the molecule is CC/C=C\C/C=C\C/C=C\C/C=C\C/C=C\CC(=O)OCC(COC(=O)CCCCCCCCCCC)OC(=O)CCCCCCCCCCC. The first-order chi connectivity index (χ1) is 25.0. The maximum Gasteiger partial charge on any atom is 0.309 e. The van der Waals surface area contributed by atoms with Gasteiger partial charge in [0.1, 0.15) is 13.2 Å². The van der Waals surface area contributed by atoms with Crippen molar-refractivity contribution in [1.82, 2.24) is 0 Å². The Morgan fingerprint density at radius 3 is 1.20 bits per heavy atom. The van der Waals surface area contributed by atoms with Crippen LogP contribution >= 0.6 is 0 Å². The number of hydrogen-bond acceptors (Lipinski definition) is 6. The number of carbonyl (C=O) groups excluding carboxylic acids is 3. The molecule has 6 heteroatoms. The number of rotatable bonds is 36. The molecular weight excluding hydrogens is 636 g/mol. The minimum Gasteiger partial charge on any atom is -0.462 e. The van der Waals surface area contributed by atoms with E-state index in [0.29, 0.717) is 12.8 Å². The lowest BCUT2D eigenvalue weighted by molar-refractivity contribution is -0.166. The third kappa shape index (κ3) is 38.2. The first kappa shape index (κ1) is 48.1. The van der Waals surface area contributed by atoms with Gasteiger partial charge in [-0.05, 0) is 44.9 Å². The second kappa shape index (κ2) is 39.9. The number of ether oxygens (including phenoxy) is 3. The molecule has 0 amide bonds. The lowest BCUT2D eigenvalue weighted by Gasteiger charge is -2.18. The fraction of sp³-hybridized carbons (Fsp3) is 0.711. The first-order valence-electron chi connectivity index (χ1n) is 20.8. The number of carbonyl (C=O) groups is 3. The van der Waals surface area contributed by atoms with E-state index < -0.39 is 12.1 Å². The number of unbranched alkanes of at least 4 members (excludes halogenated alkanes) is 16. The van der Waals surface area contributed by atoms with Crippen LogP contribution in [0.5, 0.6) is 0 Å². The standard InChI is InChI=1S/C45H76O6/c1-4-7-10-13-16-19-20-21-22-23-24-27-29-32-35-38-44(47)50-41-42(51-45(48)39-36-33-30-26-18-15-12-9-6-3)40-49-43(46)37-34-31-28-25-17-14-11-8-5-2/h7,10,16,19,21-22,24,27,32,35,42H,4-6,8-9,11-15,17-18,20,23,25-26,28-31,33-34,36-41H2,1-3H3/b10-7-,19-16-,22-21-,27-24-,35-32-. The van der Waals surface area contributed by atoms with Gasteiger partial charge in [0.15, 0.2) is 6.10 Å². The highest BCUT2D eigenvalue weighted by Gasteiger charge is 2.19. The molecule has 51 heavy (non-hydrogen) atoms. The van der Waals surface area contributed by atoms with Crippen molar-refractivity contribution in [3.63, 3.8) is 0 Å². The molecule has 0 aliphatic rings. The summed E-state index contributed by atoms with van der Waals surface area (Å²) in [5.74, 6) is -1.05. The third-order valence-electron chi connectivity index (χ3n) is 8.57. The molecule has 1 unspecified atom stereocenters. The highest BCUT2D eigenvalue weighted by atomic mass is 16.6. The summed E-state index contributed by atoms with van der Waals surface area (Å²) in [6.07, 6.45) is 46.6. The number of esters is 3. The Morgan fingerprint density at radius 2 is 0.765 bits per heavy atom. The summed E-state index contributed by atoms with van der Waals surface area (Å²) >= 11 is 0. The van der Waals surface area contributed by atoms with Crippen molar-refractivity contribution in [3.8, 4) is 0 Å². The number of allylic oxidation sites excluding steroid dienone is 9. The van der Waals surface area contributed by atoms with Crippen molar-refractivity contribution in [2.75, 3.05) is 13.2 Å². The normalized spacial score (nSPS) is 12.6. The predicted octanol–water partition coefficient (Wildman–Crippen LogP) is 13.0. The van der Waals surface area contributed by atoms with E-state index in [1.807, 2.05) is 6.08 Å². The van der Waals surface area contributed by atoms with E-state index in [4.69, 9.17) is 14.2 Å². The molecule has 0 aliphatic carbocycles. The average molecular weight is 713 g/mol. The van der Waals surface area contributed by atoms with E-state index >= 15 is 0 Å². The van der Waals surface area contributed by atoms with E-state index in [1.165, 1.54) is 77.0 Å². The summed E-state index contributed by atoms with van der Waals surface area (Å²) in [6.45, 7) is 6.36. The molecule has 0 aromatic rings. The molecule has 292 valence electrons. The highest BCUT2D eigenvalue weighted by molar-refractivity contribution is 5.72. The van der Waals surface area contributed by atoms with Crippen molar-refractivity contribution in [2.45, 2.75) is 194 Å². The largest absolute Gasteiger partial charge is 0.462 e. The molecule has 0 saturated carbocycles. The van der Waals surface area contributed by atoms with Gasteiger partial charge in [0.2, 0.25) is 0 Å². The lowest BCUT2D eigenvalue weighted by atomic mass is 10.1. The van der Waals surface area contributed by atoms with Gasteiger partial charge in [-0.15, -0.1) is 0 Å². The molecule has 0 aromatic heterocycles. The van der Waals surface area contributed by atoms with Crippen LogP contribution in [0.2, 0.25) is 0 Å². The van der Waals surface area contributed by atoms with E-state index in [1.54, 1.807) is 6.08 Å². The van der Waals surface area contributed by atoms with Gasteiger partial charge >= 0.3 is 17.9 Å². The molecule has 0 aromatic carbocycles. The van der Waals surface area contributed by atoms with Gasteiger partial charge in [-0.3, -0.25) is 14.4 Å². The predicted molar refractivity (Wildman–Crippen MR) is 215 cm³/mol. The van der Waals surface area contributed by atoms with Gasteiger partial charge in [0.25, 0.3) is 0 Å². The van der Waals surface area contributed by atoms with Crippen LogP contribution in [0.15, 0.2) is 60.8 Å². The van der Waals surface area contributed by atoms with Crippen LogP contribution in [-0.2, 0) is 28.6 Å². The minimum absolute atomic E-state index is 0.102. The molecule has 0 N–H and O–H groups in total.